The van der Waals surface area contributed by atoms with Gasteiger partial charge in [0, 0.05) is 19.3 Å². The van der Waals surface area contributed by atoms with Crippen LogP contribution in [-0.2, 0) is 28.6 Å². The Morgan fingerprint density at radius 3 is 0.765 bits per heavy atom. The minimum atomic E-state index is -0.781. The third kappa shape index (κ3) is 67.8. The van der Waals surface area contributed by atoms with Crippen LogP contribution in [0.15, 0.2) is 60.8 Å². The summed E-state index contributed by atoms with van der Waals surface area (Å²) in [5.74, 6) is -0.863. The zero-order valence-electron chi connectivity index (χ0n) is 54.3. The number of carbonyl (C=O) groups is 3. The minimum absolute atomic E-state index is 0.0753. The minimum Gasteiger partial charge on any atom is -0.462 e. The van der Waals surface area contributed by atoms with Crippen molar-refractivity contribution in [3.05, 3.63) is 60.8 Å². The molecule has 0 amide bonds. The van der Waals surface area contributed by atoms with E-state index in [-0.39, 0.29) is 31.1 Å². The highest BCUT2D eigenvalue weighted by Crippen LogP contribution is 2.18. The first-order chi connectivity index (χ1) is 40.0. The molecule has 0 N–H and O–H groups in total. The van der Waals surface area contributed by atoms with Crippen molar-refractivity contribution < 1.29 is 28.6 Å². The van der Waals surface area contributed by atoms with Gasteiger partial charge in [-0.3, -0.25) is 14.4 Å². The molecule has 0 spiro atoms. The van der Waals surface area contributed by atoms with E-state index in [1.165, 1.54) is 257 Å². The molecule has 1 unspecified atom stereocenters. The number of unbranched alkanes of at least 4 members (excludes halogenated alkanes) is 45. The van der Waals surface area contributed by atoms with Crippen LogP contribution in [0.2, 0.25) is 0 Å². The molecule has 0 bridgehead atoms. The lowest BCUT2D eigenvalue weighted by molar-refractivity contribution is -0.167. The average Bonchev–Trinajstić information content (AvgIpc) is 3.47. The molecule has 0 radical (unpaired) electrons. The third-order valence-electron chi connectivity index (χ3n) is 16.0. The first kappa shape index (κ1) is 78.1. The molecule has 0 heterocycles. The Kier molecular flexibility index (Phi) is 67.1. The van der Waals surface area contributed by atoms with Crippen molar-refractivity contribution in [1.82, 2.24) is 0 Å². The van der Waals surface area contributed by atoms with E-state index in [0.29, 0.717) is 19.3 Å². The predicted octanol–water partition coefficient (Wildman–Crippen LogP) is 24.7. The van der Waals surface area contributed by atoms with Gasteiger partial charge in [-0.2, -0.15) is 0 Å². The van der Waals surface area contributed by atoms with E-state index < -0.39 is 6.10 Å². The van der Waals surface area contributed by atoms with Crippen molar-refractivity contribution in [2.75, 3.05) is 13.2 Å². The Morgan fingerprint density at radius 2 is 0.481 bits per heavy atom. The maximum Gasteiger partial charge on any atom is 0.306 e. The molecule has 0 aliphatic carbocycles. The van der Waals surface area contributed by atoms with Crippen LogP contribution in [0.4, 0.5) is 0 Å². The summed E-state index contributed by atoms with van der Waals surface area (Å²) in [5.41, 5.74) is 0. The van der Waals surface area contributed by atoms with Gasteiger partial charge in [-0.1, -0.05) is 319 Å². The molecule has 0 rings (SSSR count). The Bertz CT molecular complexity index is 1440. The van der Waals surface area contributed by atoms with Gasteiger partial charge in [0.2, 0.25) is 0 Å². The number of ether oxygens (including phenoxy) is 3. The second-order valence-corrected chi connectivity index (χ2v) is 24.1. The van der Waals surface area contributed by atoms with Crippen molar-refractivity contribution in [2.45, 2.75) is 386 Å². The molecule has 0 aliphatic heterocycles. The highest BCUT2D eigenvalue weighted by atomic mass is 16.6. The molecule has 0 aliphatic rings. The van der Waals surface area contributed by atoms with E-state index in [2.05, 4.69) is 81.5 Å². The Hall–Kier alpha value is -2.89. The van der Waals surface area contributed by atoms with Gasteiger partial charge in [0.25, 0.3) is 0 Å². The van der Waals surface area contributed by atoms with Gasteiger partial charge in [-0.05, 0) is 103 Å². The van der Waals surface area contributed by atoms with Gasteiger partial charge in [-0.25, -0.2) is 0 Å². The normalized spacial score (nSPS) is 12.4. The van der Waals surface area contributed by atoms with Gasteiger partial charge in [0.05, 0.1) is 0 Å². The van der Waals surface area contributed by atoms with Gasteiger partial charge in [0.15, 0.2) is 6.10 Å². The van der Waals surface area contributed by atoms with E-state index >= 15 is 0 Å². The summed E-state index contributed by atoms with van der Waals surface area (Å²) in [5, 5.41) is 0. The number of allylic oxidation sites excluding steroid dienone is 10. The molecule has 0 saturated carbocycles. The number of hydrogen-bond donors (Lipinski definition) is 0. The Morgan fingerprint density at radius 1 is 0.259 bits per heavy atom. The number of rotatable bonds is 66. The highest BCUT2D eigenvalue weighted by molar-refractivity contribution is 5.71. The molecule has 0 fully saturated rings. The number of carbonyl (C=O) groups excluding carboxylic acids is 3. The molecule has 0 aromatic carbocycles. The van der Waals surface area contributed by atoms with Crippen LogP contribution < -0.4 is 0 Å². The fraction of sp³-hybridized carbons (Fsp3) is 0.827. The number of hydrogen-bond acceptors (Lipinski definition) is 6. The first-order valence-corrected chi connectivity index (χ1v) is 35.8. The lowest BCUT2D eigenvalue weighted by Gasteiger charge is -2.18. The summed E-state index contributed by atoms with van der Waals surface area (Å²) in [4.78, 5) is 38.5. The summed E-state index contributed by atoms with van der Waals surface area (Å²) in [7, 11) is 0. The molecule has 0 saturated heterocycles. The molecular formula is C75H136O6. The monoisotopic (exact) mass is 1130 g/mol. The topological polar surface area (TPSA) is 78.9 Å². The summed E-state index contributed by atoms with van der Waals surface area (Å²) in [6.07, 6.45) is 89.6. The second-order valence-electron chi connectivity index (χ2n) is 24.1. The van der Waals surface area contributed by atoms with Gasteiger partial charge in [-0.15, -0.1) is 0 Å². The highest BCUT2D eigenvalue weighted by Gasteiger charge is 2.19. The fourth-order valence-corrected chi connectivity index (χ4v) is 10.6. The average molecular weight is 1130 g/mol. The number of esters is 3. The van der Waals surface area contributed by atoms with Crippen molar-refractivity contribution in [3.63, 3.8) is 0 Å². The summed E-state index contributed by atoms with van der Waals surface area (Å²) < 4.78 is 17.0. The molecule has 81 heavy (non-hydrogen) atoms. The molecule has 0 aromatic rings. The molecule has 1 atom stereocenters. The van der Waals surface area contributed by atoms with Crippen molar-refractivity contribution in [1.29, 1.82) is 0 Å². The van der Waals surface area contributed by atoms with Crippen LogP contribution in [0, 0.1) is 0 Å². The Balaban J connectivity index is 4.32. The zero-order chi connectivity index (χ0) is 58.5. The fourth-order valence-electron chi connectivity index (χ4n) is 10.6. The SMILES string of the molecule is CC/C=C\C/C=C\C/C=C\CCCCCCCCCC(=O)OCC(COC(=O)CCCCCCCCCCCCC/C=C\CCCCCCCCCC)OC(=O)CCCCCCCCCCCCC/C=C\CCCCCCCCCC. The summed E-state index contributed by atoms with van der Waals surface area (Å²) in [6, 6.07) is 0. The third-order valence-corrected chi connectivity index (χ3v) is 16.0. The van der Waals surface area contributed by atoms with Gasteiger partial charge >= 0.3 is 17.9 Å². The molecular weight excluding hydrogens is 997 g/mol. The second kappa shape index (κ2) is 69.6. The van der Waals surface area contributed by atoms with E-state index in [0.717, 1.165) is 83.5 Å². The Labute approximate surface area is 504 Å². The van der Waals surface area contributed by atoms with Gasteiger partial charge < -0.3 is 14.2 Å². The predicted molar refractivity (Wildman–Crippen MR) is 353 cm³/mol. The van der Waals surface area contributed by atoms with Crippen molar-refractivity contribution >= 4 is 17.9 Å². The molecule has 6 heteroatoms. The first-order valence-electron chi connectivity index (χ1n) is 35.8. The van der Waals surface area contributed by atoms with Crippen LogP contribution in [0.1, 0.15) is 380 Å². The van der Waals surface area contributed by atoms with E-state index in [4.69, 9.17) is 14.2 Å². The lowest BCUT2D eigenvalue weighted by atomic mass is 10.0. The van der Waals surface area contributed by atoms with Crippen molar-refractivity contribution in [3.8, 4) is 0 Å². The van der Waals surface area contributed by atoms with Crippen LogP contribution in [-0.4, -0.2) is 37.2 Å². The van der Waals surface area contributed by atoms with Crippen LogP contribution in [0.5, 0.6) is 0 Å². The lowest BCUT2D eigenvalue weighted by Crippen LogP contribution is -2.30. The maximum absolute atomic E-state index is 13.0. The maximum atomic E-state index is 13.0. The molecule has 6 nitrogen and oxygen atoms in total. The smallest absolute Gasteiger partial charge is 0.306 e. The summed E-state index contributed by atoms with van der Waals surface area (Å²) >= 11 is 0. The van der Waals surface area contributed by atoms with E-state index in [1.807, 2.05) is 0 Å². The van der Waals surface area contributed by atoms with Gasteiger partial charge in [0.1, 0.15) is 13.2 Å². The molecule has 0 aromatic heterocycles. The van der Waals surface area contributed by atoms with Crippen molar-refractivity contribution in [2.24, 2.45) is 0 Å². The quantitative estimate of drug-likeness (QED) is 0.0261. The van der Waals surface area contributed by atoms with E-state index in [1.54, 1.807) is 0 Å². The van der Waals surface area contributed by atoms with Crippen LogP contribution in [0.3, 0.4) is 0 Å². The van der Waals surface area contributed by atoms with Crippen LogP contribution in [0.25, 0.3) is 0 Å². The van der Waals surface area contributed by atoms with Crippen LogP contribution >= 0.6 is 0 Å². The largest absolute Gasteiger partial charge is 0.462 e. The molecule has 472 valence electrons. The summed E-state index contributed by atoms with van der Waals surface area (Å²) in [6.45, 7) is 6.58. The van der Waals surface area contributed by atoms with E-state index in [9.17, 15) is 14.4 Å². The zero-order valence-corrected chi connectivity index (χ0v) is 54.3. The standard InChI is InChI=1S/C75H136O6/c1-4-7-10-13-16-19-22-25-28-31-33-35-37-39-41-44-47-50-53-56-59-62-65-68-74(77)80-71-72(70-79-73(76)67-64-61-58-55-52-49-46-43-30-27-24-21-18-15-12-9-6-3)81-75(78)69-66-63-60-57-54-51-48-45-42-40-38-36-34-32-29-26-23-20-17-14-11-8-5-2/h9,12,18,21,27,30-34,72H,4-8,10-11,13-17,19-20,22-26,28-29,35-71H2,1-3H3/b12-9-,21-18-,30-27-,33-31-,34-32-.